The molecule has 92 valence electrons. The summed E-state index contributed by atoms with van der Waals surface area (Å²) in [6.45, 7) is 7.08. The van der Waals surface area contributed by atoms with E-state index in [0.29, 0.717) is 18.8 Å². The standard InChI is InChI=1S/C13H19N3O/c1-3-5-8-16-13(17)12-10-11(6-9-15-12)14-7-4-2/h4,6,9-10H,2-3,5,7-8H2,1H3,(H,14,15)(H,16,17). The summed E-state index contributed by atoms with van der Waals surface area (Å²) < 4.78 is 0. The van der Waals surface area contributed by atoms with Gasteiger partial charge in [0.1, 0.15) is 5.69 Å². The van der Waals surface area contributed by atoms with E-state index in [1.807, 2.05) is 6.07 Å². The van der Waals surface area contributed by atoms with E-state index in [2.05, 4.69) is 29.1 Å². The molecular weight excluding hydrogens is 214 g/mol. The Hall–Kier alpha value is -1.84. The predicted octanol–water partition coefficient (Wildman–Crippen LogP) is 2.21. The van der Waals surface area contributed by atoms with Crippen LogP contribution in [0.5, 0.6) is 0 Å². The molecule has 0 radical (unpaired) electrons. The van der Waals surface area contributed by atoms with Crippen molar-refractivity contribution in [3.63, 3.8) is 0 Å². The largest absolute Gasteiger partial charge is 0.381 e. The smallest absolute Gasteiger partial charge is 0.269 e. The molecular formula is C13H19N3O. The van der Waals surface area contributed by atoms with Crippen LogP contribution in [-0.2, 0) is 0 Å². The highest BCUT2D eigenvalue weighted by atomic mass is 16.1. The van der Waals surface area contributed by atoms with Gasteiger partial charge in [0.2, 0.25) is 0 Å². The zero-order valence-corrected chi connectivity index (χ0v) is 10.2. The molecule has 0 unspecified atom stereocenters. The summed E-state index contributed by atoms with van der Waals surface area (Å²) in [5.41, 5.74) is 1.32. The number of hydrogen-bond acceptors (Lipinski definition) is 3. The Balaban J connectivity index is 2.57. The Morgan fingerprint density at radius 2 is 2.41 bits per heavy atom. The van der Waals surface area contributed by atoms with Gasteiger partial charge in [-0.3, -0.25) is 9.78 Å². The van der Waals surface area contributed by atoms with Crippen LogP contribution in [-0.4, -0.2) is 24.0 Å². The SMILES string of the molecule is C=CCNc1ccnc(C(=O)NCCCC)c1. The molecule has 0 aromatic carbocycles. The number of rotatable bonds is 7. The molecule has 0 spiro atoms. The fraction of sp³-hybridized carbons (Fsp3) is 0.385. The maximum absolute atomic E-state index is 11.7. The minimum Gasteiger partial charge on any atom is -0.381 e. The minimum absolute atomic E-state index is 0.124. The number of hydrogen-bond donors (Lipinski definition) is 2. The van der Waals surface area contributed by atoms with E-state index in [1.54, 1.807) is 18.3 Å². The number of pyridine rings is 1. The molecule has 0 saturated heterocycles. The Kier molecular flexibility index (Phi) is 5.79. The van der Waals surface area contributed by atoms with Crippen molar-refractivity contribution in [1.29, 1.82) is 0 Å². The van der Waals surface area contributed by atoms with Gasteiger partial charge in [-0.25, -0.2) is 0 Å². The van der Waals surface area contributed by atoms with Crippen LogP contribution in [0.2, 0.25) is 0 Å². The Morgan fingerprint density at radius 3 is 3.12 bits per heavy atom. The van der Waals surface area contributed by atoms with E-state index in [9.17, 15) is 4.79 Å². The first kappa shape index (κ1) is 13.2. The Bertz CT molecular complexity index is 377. The lowest BCUT2D eigenvalue weighted by atomic mass is 10.3. The lowest BCUT2D eigenvalue weighted by Gasteiger charge is -2.06. The number of unbranched alkanes of at least 4 members (excludes halogenated alkanes) is 1. The van der Waals surface area contributed by atoms with Gasteiger partial charge in [0, 0.05) is 25.0 Å². The molecule has 1 amide bonds. The summed E-state index contributed by atoms with van der Waals surface area (Å²) >= 11 is 0. The van der Waals surface area contributed by atoms with Gasteiger partial charge in [-0.15, -0.1) is 6.58 Å². The average molecular weight is 233 g/mol. The maximum atomic E-state index is 11.7. The van der Waals surface area contributed by atoms with Gasteiger partial charge in [0.05, 0.1) is 0 Å². The van der Waals surface area contributed by atoms with Gasteiger partial charge in [0.15, 0.2) is 0 Å². The van der Waals surface area contributed by atoms with Crippen molar-refractivity contribution in [2.75, 3.05) is 18.4 Å². The monoisotopic (exact) mass is 233 g/mol. The molecule has 1 rings (SSSR count). The molecule has 0 bridgehead atoms. The maximum Gasteiger partial charge on any atom is 0.269 e. The summed E-state index contributed by atoms with van der Waals surface area (Å²) in [6.07, 6.45) is 5.44. The van der Waals surface area contributed by atoms with Gasteiger partial charge in [-0.1, -0.05) is 19.4 Å². The van der Waals surface area contributed by atoms with E-state index in [4.69, 9.17) is 0 Å². The Morgan fingerprint density at radius 1 is 1.59 bits per heavy atom. The number of amides is 1. The van der Waals surface area contributed by atoms with Crippen molar-refractivity contribution in [2.45, 2.75) is 19.8 Å². The van der Waals surface area contributed by atoms with Crippen molar-refractivity contribution in [3.8, 4) is 0 Å². The molecule has 1 aromatic heterocycles. The molecule has 1 heterocycles. The van der Waals surface area contributed by atoms with Crippen molar-refractivity contribution in [1.82, 2.24) is 10.3 Å². The van der Waals surface area contributed by atoms with E-state index < -0.39 is 0 Å². The van der Waals surface area contributed by atoms with Crippen molar-refractivity contribution >= 4 is 11.6 Å². The van der Waals surface area contributed by atoms with Crippen LogP contribution in [0.15, 0.2) is 31.0 Å². The van der Waals surface area contributed by atoms with Crippen LogP contribution in [0.1, 0.15) is 30.3 Å². The second-order valence-corrected chi connectivity index (χ2v) is 3.71. The summed E-state index contributed by atoms with van der Waals surface area (Å²) in [6, 6.07) is 3.57. The van der Waals surface area contributed by atoms with Crippen molar-refractivity contribution in [2.24, 2.45) is 0 Å². The highest BCUT2D eigenvalue weighted by Crippen LogP contribution is 2.07. The third-order valence-corrected chi connectivity index (χ3v) is 2.26. The topological polar surface area (TPSA) is 54.0 Å². The third kappa shape index (κ3) is 4.68. The average Bonchev–Trinajstić information content (AvgIpc) is 2.37. The second kappa shape index (κ2) is 7.44. The summed E-state index contributed by atoms with van der Waals surface area (Å²) in [7, 11) is 0. The zero-order chi connectivity index (χ0) is 12.5. The molecule has 0 aliphatic rings. The summed E-state index contributed by atoms with van der Waals surface area (Å²) in [5.74, 6) is -0.124. The van der Waals surface area contributed by atoms with E-state index in [1.165, 1.54) is 0 Å². The molecule has 4 nitrogen and oxygen atoms in total. The number of carbonyl (C=O) groups excluding carboxylic acids is 1. The fourth-order valence-electron chi connectivity index (χ4n) is 1.32. The van der Waals surface area contributed by atoms with Crippen LogP contribution in [0, 0.1) is 0 Å². The van der Waals surface area contributed by atoms with Crippen LogP contribution in [0.25, 0.3) is 0 Å². The molecule has 2 N–H and O–H groups in total. The number of aromatic nitrogens is 1. The molecule has 1 aromatic rings. The van der Waals surface area contributed by atoms with E-state index >= 15 is 0 Å². The van der Waals surface area contributed by atoms with Crippen LogP contribution in [0.3, 0.4) is 0 Å². The molecule has 0 atom stereocenters. The number of nitrogens with one attached hydrogen (secondary N) is 2. The number of anilines is 1. The summed E-state index contributed by atoms with van der Waals surface area (Å²) in [4.78, 5) is 15.8. The molecule has 0 aliphatic carbocycles. The van der Waals surface area contributed by atoms with Gasteiger partial charge in [-0.2, -0.15) is 0 Å². The minimum atomic E-state index is -0.124. The highest BCUT2D eigenvalue weighted by molar-refractivity contribution is 5.93. The normalized spacial score (nSPS) is 9.71. The van der Waals surface area contributed by atoms with Crippen molar-refractivity contribution < 1.29 is 4.79 Å². The third-order valence-electron chi connectivity index (χ3n) is 2.26. The first-order valence-electron chi connectivity index (χ1n) is 5.87. The van der Waals surface area contributed by atoms with E-state index in [-0.39, 0.29) is 5.91 Å². The van der Waals surface area contributed by atoms with Gasteiger partial charge in [0.25, 0.3) is 5.91 Å². The zero-order valence-electron chi connectivity index (χ0n) is 10.2. The number of nitrogens with zero attached hydrogens (tertiary/aromatic N) is 1. The lowest BCUT2D eigenvalue weighted by molar-refractivity contribution is 0.0948. The highest BCUT2D eigenvalue weighted by Gasteiger charge is 2.06. The molecule has 0 aliphatic heterocycles. The molecule has 0 fully saturated rings. The second-order valence-electron chi connectivity index (χ2n) is 3.71. The predicted molar refractivity (Wildman–Crippen MR) is 70.2 cm³/mol. The Labute approximate surface area is 102 Å². The van der Waals surface area contributed by atoms with Crippen LogP contribution >= 0.6 is 0 Å². The van der Waals surface area contributed by atoms with Gasteiger partial charge < -0.3 is 10.6 Å². The molecule has 17 heavy (non-hydrogen) atoms. The van der Waals surface area contributed by atoms with Crippen molar-refractivity contribution in [3.05, 3.63) is 36.7 Å². The molecule has 0 saturated carbocycles. The van der Waals surface area contributed by atoms with Crippen LogP contribution in [0.4, 0.5) is 5.69 Å². The van der Waals surface area contributed by atoms with Gasteiger partial charge >= 0.3 is 0 Å². The summed E-state index contributed by atoms with van der Waals surface area (Å²) in [5, 5.41) is 5.95. The quantitative estimate of drug-likeness (QED) is 0.561. The number of carbonyl (C=O) groups is 1. The van der Waals surface area contributed by atoms with E-state index in [0.717, 1.165) is 18.5 Å². The molecule has 4 heteroatoms. The first-order chi connectivity index (χ1) is 8.27. The lowest BCUT2D eigenvalue weighted by Crippen LogP contribution is -2.25. The fourth-order valence-corrected chi connectivity index (χ4v) is 1.32. The van der Waals surface area contributed by atoms with Gasteiger partial charge in [-0.05, 0) is 18.6 Å². The first-order valence-corrected chi connectivity index (χ1v) is 5.87. The van der Waals surface area contributed by atoms with Crippen LogP contribution < -0.4 is 10.6 Å².